The molecule has 18 heavy (non-hydrogen) atoms. The van der Waals surface area contributed by atoms with Gasteiger partial charge in [-0.2, -0.15) is 0 Å². The maximum absolute atomic E-state index is 10.2. The lowest BCUT2D eigenvalue weighted by atomic mass is 9.90. The number of aryl methyl sites for hydroxylation is 1. The minimum Gasteiger partial charge on any atom is -0.388 e. The van der Waals surface area contributed by atoms with Crippen molar-refractivity contribution in [2.24, 2.45) is 5.92 Å². The molecule has 0 radical (unpaired) electrons. The molecule has 1 aliphatic rings. The third-order valence-corrected chi connectivity index (χ3v) is 4.15. The van der Waals surface area contributed by atoms with E-state index in [2.05, 4.69) is 43.1 Å². The number of nitrogens with zero attached hydrogens (tertiary/aromatic N) is 1. The normalized spacial score (nSPS) is 19.9. The van der Waals surface area contributed by atoms with Gasteiger partial charge in [0.15, 0.2) is 0 Å². The quantitative estimate of drug-likeness (QED) is 0.883. The van der Waals surface area contributed by atoms with Crippen LogP contribution in [0.25, 0.3) is 0 Å². The molecule has 1 heterocycles. The fraction of sp³-hybridized carbons (Fsp3) is 0.625. The molecule has 0 bridgehead atoms. The first-order valence-corrected chi connectivity index (χ1v) is 7.08. The smallest absolute Gasteiger partial charge is 0.0790 e. The fourth-order valence-corrected chi connectivity index (χ4v) is 2.70. The van der Waals surface area contributed by atoms with E-state index >= 15 is 0 Å². The van der Waals surface area contributed by atoms with E-state index in [1.54, 1.807) is 0 Å². The van der Waals surface area contributed by atoms with Crippen LogP contribution in [-0.2, 0) is 0 Å². The highest BCUT2D eigenvalue weighted by Gasteiger charge is 2.18. The summed E-state index contributed by atoms with van der Waals surface area (Å²) in [5, 5.41) is 10.2. The van der Waals surface area contributed by atoms with Gasteiger partial charge in [-0.25, -0.2) is 0 Å². The first-order valence-electron chi connectivity index (χ1n) is 7.08. The molecule has 1 aliphatic heterocycles. The monoisotopic (exact) mass is 247 g/mol. The van der Waals surface area contributed by atoms with E-state index < -0.39 is 0 Å². The average molecular weight is 247 g/mol. The largest absolute Gasteiger partial charge is 0.388 e. The van der Waals surface area contributed by atoms with E-state index in [-0.39, 0.29) is 6.10 Å². The lowest BCUT2D eigenvalue weighted by molar-refractivity contribution is 0.141. The second-order valence-corrected chi connectivity index (χ2v) is 5.75. The van der Waals surface area contributed by atoms with Gasteiger partial charge in [0, 0.05) is 0 Å². The second kappa shape index (κ2) is 6.35. The Hall–Kier alpha value is -0.860. The second-order valence-electron chi connectivity index (χ2n) is 5.75. The van der Waals surface area contributed by atoms with Crippen molar-refractivity contribution in [2.45, 2.75) is 38.7 Å². The lowest BCUT2D eigenvalue weighted by Gasteiger charge is -2.29. The number of hydrogen-bond acceptors (Lipinski definition) is 2. The van der Waals surface area contributed by atoms with E-state index in [0.717, 1.165) is 24.3 Å². The topological polar surface area (TPSA) is 23.5 Å². The third-order valence-electron chi connectivity index (χ3n) is 4.15. The van der Waals surface area contributed by atoms with Crippen molar-refractivity contribution in [3.63, 3.8) is 0 Å². The predicted octanol–water partition coefficient (Wildman–Crippen LogP) is 3.15. The zero-order chi connectivity index (χ0) is 13.0. The maximum atomic E-state index is 10.2. The summed E-state index contributed by atoms with van der Waals surface area (Å²) in [6, 6.07) is 8.26. The first kappa shape index (κ1) is 13.6. The third kappa shape index (κ3) is 3.82. The van der Waals surface area contributed by atoms with Gasteiger partial charge < -0.3 is 10.0 Å². The van der Waals surface area contributed by atoms with E-state index in [1.165, 1.54) is 31.5 Å². The molecule has 2 heteroatoms. The maximum Gasteiger partial charge on any atom is 0.0790 e. The Labute approximate surface area is 111 Å². The number of aliphatic hydroxyl groups is 1. The van der Waals surface area contributed by atoms with Gasteiger partial charge in [0.05, 0.1) is 6.10 Å². The van der Waals surface area contributed by atoms with Crippen molar-refractivity contribution in [2.75, 3.05) is 20.1 Å². The molecule has 2 nitrogen and oxygen atoms in total. The highest BCUT2D eigenvalue weighted by atomic mass is 16.3. The number of benzene rings is 1. The van der Waals surface area contributed by atoms with Crippen molar-refractivity contribution in [1.82, 2.24) is 4.90 Å². The molecule has 1 unspecified atom stereocenters. The summed E-state index contributed by atoms with van der Waals surface area (Å²) in [6.07, 6.45) is 4.35. The van der Waals surface area contributed by atoms with Gasteiger partial charge >= 0.3 is 0 Å². The van der Waals surface area contributed by atoms with Crippen LogP contribution in [0.15, 0.2) is 24.3 Å². The standard InChI is InChI=1S/C16H25NO/c1-13-3-6-15(7-4-13)16(18)8-5-14-9-11-17(2)12-10-14/h3-4,6-7,14,16,18H,5,8-12H2,1-2H3. The van der Waals surface area contributed by atoms with E-state index in [9.17, 15) is 5.11 Å². The number of aliphatic hydroxyl groups excluding tert-OH is 1. The van der Waals surface area contributed by atoms with Crippen molar-refractivity contribution in [3.8, 4) is 0 Å². The minimum atomic E-state index is -0.287. The van der Waals surface area contributed by atoms with E-state index in [0.29, 0.717) is 0 Å². The van der Waals surface area contributed by atoms with E-state index in [1.807, 2.05) is 0 Å². The number of hydrogen-bond donors (Lipinski definition) is 1. The van der Waals surface area contributed by atoms with Crippen LogP contribution in [0.2, 0.25) is 0 Å². The Balaban J connectivity index is 1.77. The molecule has 2 rings (SSSR count). The average Bonchev–Trinajstić information content (AvgIpc) is 2.38. The lowest BCUT2D eigenvalue weighted by Crippen LogP contribution is -2.30. The van der Waals surface area contributed by atoms with Crippen molar-refractivity contribution in [3.05, 3.63) is 35.4 Å². The molecule has 0 saturated carbocycles. The molecule has 0 aliphatic carbocycles. The SMILES string of the molecule is Cc1ccc(C(O)CCC2CCN(C)CC2)cc1. The van der Waals surface area contributed by atoms with Crippen LogP contribution in [0.3, 0.4) is 0 Å². The summed E-state index contributed by atoms with van der Waals surface area (Å²) in [4.78, 5) is 2.40. The van der Waals surface area contributed by atoms with Gasteiger partial charge in [-0.1, -0.05) is 29.8 Å². The molecule has 1 aromatic carbocycles. The number of likely N-dealkylation sites (tertiary alicyclic amines) is 1. The number of rotatable bonds is 4. The van der Waals surface area contributed by atoms with Gasteiger partial charge in [-0.05, 0) is 64.2 Å². The van der Waals surface area contributed by atoms with Crippen molar-refractivity contribution < 1.29 is 5.11 Å². The van der Waals surface area contributed by atoms with Crippen LogP contribution >= 0.6 is 0 Å². The zero-order valence-corrected chi connectivity index (χ0v) is 11.6. The van der Waals surface area contributed by atoms with Gasteiger partial charge in [0.1, 0.15) is 0 Å². The zero-order valence-electron chi connectivity index (χ0n) is 11.6. The molecule has 1 N–H and O–H groups in total. The molecule has 1 fully saturated rings. The van der Waals surface area contributed by atoms with E-state index in [4.69, 9.17) is 0 Å². The molecule has 0 amide bonds. The molecule has 0 spiro atoms. The summed E-state index contributed by atoms with van der Waals surface area (Å²) in [6.45, 7) is 4.51. The molecule has 1 saturated heterocycles. The molecule has 100 valence electrons. The van der Waals surface area contributed by atoms with Crippen LogP contribution in [-0.4, -0.2) is 30.1 Å². The summed E-state index contributed by atoms with van der Waals surface area (Å²) in [7, 11) is 2.19. The first-order chi connectivity index (χ1) is 8.65. The molecular weight excluding hydrogens is 222 g/mol. The van der Waals surface area contributed by atoms with Gasteiger partial charge in [0.2, 0.25) is 0 Å². The Kier molecular flexibility index (Phi) is 4.79. The molecule has 1 aromatic rings. The number of piperidine rings is 1. The Morgan fingerprint density at radius 2 is 1.83 bits per heavy atom. The highest BCUT2D eigenvalue weighted by molar-refractivity contribution is 5.22. The minimum absolute atomic E-state index is 0.287. The van der Waals surface area contributed by atoms with Gasteiger partial charge in [-0.3, -0.25) is 0 Å². The van der Waals surface area contributed by atoms with Crippen molar-refractivity contribution in [1.29, 1.82) is 0 Å². The van der Waals surface area contributed by atoms with Crippen LogP contribution in [0.5, 0.6) is 0 Å². The highest BCUT2D eigenvalue weighted by Crippen LogP contribution is 2.26. The van der Waals surface area contributed by atoms with Crippen LogP contribution in [0.4, 0.5) is 0 Å². The fourth-order valence-electron chi connectivity index (χ4n) is 2.70. The molecular formula is C16H25NO. The van der Waals surface area contributed by atoms with Crippen LogP contribution < -0.4 is 0 Å². The summed E-state index contributed by atoms with van der Waals surface area (Å²) in [5.41, 5.74) is 2.31. The summed E-state index contributed by atoms with van der Waals surface area (Å²) >= 11 is 0. The summed E-state index contributed by atoms with van der Waals surface area (Å²) < 4.78 is 0. The Morgan fingerprint density at radius 1 is 1.22 bits per heavy atom. The van der Waals surface area contributed by atoms with Crippen LogP contribution in [0, 0.1) is 12.8 Å². The summed E-state index contributed by atoms with van der Waals surface area (Å²) in [5.74, 6) is 0.807. The molecule has 0 aromatic heterocycles. The van der Waals surface area contributed by atoms with Gasteiger partial charge in [-0.15, -0.1) is 0 Å². The van der Waals surface area contributed by atoms with Crippen molar-refractivity contribution >= 4 is 0 Å². The van der Waals surface area contributed by atoms with Gasteiger partial charge in [0.25, 0.3) is 0 Å². The predicted molar refractivity (Wildman–Crippen MR) is 75.6 cm³/mol. The Morgan fingerprint density at radius 3 is 2.44 bits per heavy atom. The van der Waals surface area contributed by atoms with Crippen LogP contribution in [0.1, 0.15) is 42.9 Å². The Bertz CT molecular complexity index is 352. The molecule has 1 atom stereocenters.